The van der Waals surface area contributed by atoms with E-state index >= 15 is 0 Å². The third-order valence-electron chi connectivity index (χ3n) is 14.0. The van der Waals surface area contributed by atoms with Crippen LogP contribution in [0.25, 0.3) is 0 Å². The fourth-order valence-corrected chi connectivity index (χ4v) is 8.99. The molecule has 11 atom stereocenters. The summed E-state index contributed by atoms with van der Waals surface area (Å²) < 4.78 is 0. The number of allylic oxidation sites excluding steroid dienone is 2. The van der Waals surface area contributed by atoms with Crippen LogP contribution in [0.4, 0.5) is 0 Å². The van der Waals surface area contributed by atoms with Crippen LogP contribution in [-0.2, 0) is 52.7 Å². The first-order chi connectivity index (χ1) is 35.1. The summed E-state index contributed by atoms with van der Waals surface area (Å²) in [6.45, 7) is 20.5. The molecule has 432 valence electrons. The molecule has 1 heterocycles. The molecule has 23 nitrogen and oxygen atoms in total. The van der Waals surface area contributed by atoms with Crippen molar-refractivity contribution in [2.24, 2.45) is 23.7 Å². The van der Waals surface area contributed by atoms with E-state index in [0.29, 0.717) is 6.42 Å². The summed E-state index contributed by atoms with van der Waals surface area (Å²) in [6.07, 6.45) is 2.73. The molecule has 0 bridgehead atoms. The number of hydrogen-bond acceptors (Lipinski definition) is 12. The largest absolute Gasteiger partial charge is 0.390 e. The smallest absolute Gasteiger partial charge is 0.246 e. The van der Waals surface area contributed by atoms with Gasteiger partial charge < -0.3 is 60.7 Å². The molecular weight excluding hydrogens is 983 g/mol. The van der Waals surface area contributed by atoms with Crippen molar-refractivity contribution in [3.05, 3.63) is 12.2 Å². The minimum absolute atomic E-state index is 0.0265. The molecule has 76 heavy (non-hydrogen) atoms. The zero-order valence-electron chi connectivity index (χ0n) is 49.0. The van der Waals surface area contributed by atoms with E-state index in [9.17, 15) is 57.8 Å². The van der Waals surface area contributed by atoms with E-state index in [1.165, 1.54) is 91.7 Å². The second kappa shape index (κ2) is 30.6. The van der Waals surface area contributed by atoms with Crippen LogP contribution in [0.3, 0.4) is 0 Å². The first-order valence-electron chi connectivity index (χ1n) is 26.4. The third-order valence-corrected chi connectivity index (χ3v) is 14.0. The third kappa shape index (κ3) is 18.6. The van der Waals surface area contributed by atoms with E-state index in [1.807, 2.05) is 27.7 Å². The molecule has 5 N–H and O–H groups in total. The second-order valence-electron chi connectivity index (χ2n) is 21.8. The predicted molar refractivity (Wildman–Crippen MR) is 287 cm³/mol. The normalized spacial score (nSPS) is 27.4. The van der Waals surface area contributed by atoms with Crippen LogP contribution >= 0.6 is 0 Å². The number of likely N-dealkylation sites (N-methyl/N-ethyl adjacent to an activating group) is 7. The number of nitrogens with one attached hydrogen (secondary N) is 4. The van der Waals surface area contributed by atoms with Crippen molar-refractivity contribution in [1.82, 2.24) is 55.6 Å². The first-order valence-corrected chi connectivity index (χ1v) is 26.4. The lowest BCUT2D eigenvalue weighted by Crippen LogP contribution is -2.63. The summed E-state index contributed by atoms with van der Waals surface area (Å²) in [6, 6.07) is -11.1. The summed E-state index contributed by atoms with van der Waals surface area (Å²) in [7, 11) is 9.62. The maximum absolute atomic E-state index is 15.0. The Morgan fingerprint density at radius 1 is 0.526 bits per heavy atom. The molecule has 0 saturated carbocycles. The van der Waals surface area contributed by atoms with Gasteiger partial charge in [-0.2, -0.15) is 0 Å². The van der Waals surface area contributed by atoms with Gasteiger partial charge in [0.1, 0.15) is 54.4 Å². The fraction of sp³-hybridized carbons (Fsp3) is 0.755. The molecule has 0 aliphatic carbocycles. The van der Waals surface area contributed by atoms with Crippen molar-refractivity contribution in [2.75, 3.05) is 62.4 Å². The van der Waals surface area contributed by atoms with Crippen LogP contribution in [0.2, 0.25) is 0 Å². The summed E-state index contributed by atoms with van der Waals surface area (Å²) >= 11 is 0. The molecule has 1 fully saturated rings. The van der Waals surface area contributed by atoms with Crippen LogP contribution in [0.15, 0.2) is 12.2 Å². The van der Waals surface area contributed by atoms with E-state index in [1.54, 1.807) is 46.8 Å². The molecule has 1 aliphatic heterocycles. The molecule has 1 unspecified atom stereocenters. The van der Waals surface area contributed by atoms with E-state index in [2.05, 4.69) is 21.3 Å². The Morgan fingerprint density at radius 2 is 0.987 bits per heavy atom. The van der Waals surface area contributed by atoms with E-state index in [0.717, 1.165) is 19.6 Å². The summed E-state index contributed by atoms with van der Waals surface area (Å²) in [4.78, 5) is 162. The van der Waals surface area contributed by atoms with Gasteiger partial charge in [0.25, 0.3) is 0 Å². The Kier molecular flexibility index (Phi) is 27.3. The maximum Gasteiger partial charge on any atom is 0.246 e. The van der Waals surface area contributed by atoms with Crippen LogP contribution in [-0.4, -0.2) is 227 Å². The number of aliphatic hydroxyl groups is 1. The summed E-state index contributed by atoms with van der Waals surface area (Å²) in [5.74, 6) is -9.16. The topological polar surface area (TPSA) is 279 Å². The van der Waals surface area contributed by atoms with Gasteiger partial charge in [-0.1, -0.05) is 67.5 Å². The van der Waals surface area contributed by atoms with E-state index in [4.69, 9.17) is 0 Å². The van der Waals surface area contributed by atoms with Gasteiger partial charge in [0.2, 0.25) is 65.0 Å². The first kappa shape index (κ1) is 67.9. The number of amides is 11. The zero-order chi connectivity index (χ0) is 59.0. The molecule has 0 aromatic carbocycles. The van der Waals surface area contributed by atoms with Crippen molar-refractivity contribution >= 4 is 65.0 Å². The Balaban J connectivity index is 4.07. The number of rotatable bonds is 10. The Hall–Kier alpha value is -6.13. The van der Waals surface area contributed by atoms with Gasteiger partial charge in [-0.15, -0.1) is 0 Å². The van der Waals surface area contributed by atoms with E-state index < -0.39 is 150 Å². The van der Waals surface area contributed by atoms with Gasteiger partial charge in [0, 0.05) is 49.3 Å². The fourth-order valence-electron chi connectivity index (χ4n) is 8.99. The second-order valence-corrected chi connectivity index (χ2v) is 21.8. The monoisotopic (exact) mass is 1080 g/mol. The maximum atomic E-state index is 15.0. The number of carbonyl (C=O) groups is 11. The molecule has 1 saturated heterocycles. The standard InChI is InChI=1S/C53H93N11O12/c1-21-23-24-32(9)44(67)43-47(70)57-37(22-2)50(73)59(15)28-41(66)60(16)36(13)46(69)56-34(11)48(71)58(14)27-40(65)54-33(10)45(68)55-35(12)49(72)61(17)38(25-29(3)4)51(74)62(18)39(26-30(5)6)52(75)63(19)42(31(7)8)53(76)64(43)20/h21,23,29-39,42-44,67H,22,24-28H2,1-20H3,(H,54,65)(H,55,68)(H,56,69)(H,57,70)/b23-21+/t32-,33+,34+,35-,36?,37+,38+,39-,42+,43+,44-/m1/s1. The van der Waals surface area contributed by atoms with Gasteiger partial charge in [0.15, 0.2) is 0 Å². The number of aliphatic hydroxyl groups excluding tert-OH is 1. The quantitative estimate of drug-likeness (QED) is 0.184. The molecule has 23 heteroatoms. The highest BCUT2D eigenvalue weighted by atomic mass is 16.3. The van der Waals surface area contributed by atoms with Crippen molar-refractivity contribution in [2.45, 2.75) is 176 Å². The zero-order valence-corrected chi connectivity index (χ0v) is 49.0. The van der Waals surface area contributed by atoms with Gasteiger partial charge in [-0.3, -0.25) is 52.7 Å². The molecule has 1 aliphatic rings. The van der Waals surface area contributed by atoms with Crippen molar-refractivity contribution < 1.29 is 57.8 Å². The molecule has 11 amide bonds. The highest BCUT2D eigenvalue weighted by Gasteiger charge is 2.45. The predicted octanol–water partition coefficient (Wildman–Crippen LogP) is 0.192. The average molecular weight is 1080 g/mol. The van der Waals surface area contributed by atoms with Gasteiger partial charge >= 0.3 is 0 Å². The van der Waals surface area contributed by atoms with Crippen molar-refractivity contribution in [3.63, 3.8) is 0 Å². The molecule has 0 aromatic heterocycles. The highest BCUT2D eigenvalue weighted by Crippen LogP contribution is 2.25. The number of carbonyl (C=O) groups excluding carboxylic acids is 11. The lowest BCUT2D eigenvalue weighted by Gasteiger charge is -2.41. The Morgan fingerprint density at radius 3 is 1.47 bits per heavy atom. The van der Waals surface area contributed by atoms with Crippen LogP contribution in [0.1, 0.15) is 116 Å². The Labute approximate surface area is 451 Å². The summed E-state index contributed by atoms with van der Waals surface area (Å²) in [5, 5.41) is 22.3. The lowest BCUT2D eigenvalue weighted by atomic mass is 9.91. The molecule has 0 radical (unpaired) electrons. The number of hydrogen-bond donors (Lipinski definition) is 5. The molecule has 1 rings (SSSR count). The minimum atomic E-state index is -1.60. The molecule has 0 spiro atoms. The summed E-state index contributed by atoms with van der Waals surface area (Å²) in [5.41, 5.74) is 0. The number of nitrogens with zero attached hydrogens (tertiary/aromatic N) is 7. The SMILES string of the molecule is C/C=C/C[C@@H](C)[C@@H](O)[C@H]1C(=O)N[C@@H](CC)C(=O)N(C)CC(=O)N(C)C(C)C(=O)N[C@@H](C)C(=O)N(C)CC(=O)N[C@@H](C)C(=O)N[C@H](C)C(=O)N(C)[C@@H](CC(C)C)C(=O)N(C)[C@H](CC(C)C)C(=O)N(C)[C@@H](C(C)C)C(=O)N1C. The van der Waals surface area contributed by atoms with E-state index in [-0.39, 0.29) is 31.1 Å². The van der Waals surface area contributed by atoms with Crippen LogP contribution < -0.4 is 21.3 Å². The van der Waals surface area contributed by atoms with Gasteiger partial charge in [-0.25, -0.2) is 0 Å². The lowest BCUT2D eigenvalue weighted by molar-refractivity contribution is -0.157. The van der Waals surface area contributed by atoms with Gasteiger partial charge in [-0.05, 0) is 84.0 Å². The molecule has 0 aromatic rings. The van der Waals surface area contributed by atoms with Crippen molar-refractivity contribution in [3.8, 4) is 0 Å². The average Bonchev–Trinajstić information content (AvgIpc) is 3.34. The van der Waals surface area contributed by atoms with Crippen LogP contribution in [0, 0.1) is 23.7 Å². The van der Waals surface area contributed by atoms with Crippen LogP contribution in [0.5, 0.6) is 0 Å². The van der Waals surface area contributed by atoms with Crippen molar-refractivity contribution in [1.29, 1.82) is 0 Å². The Bertz CT molecular complexity index is 2100. The highest BCUT2D eigenvalue weighted by molar-refractivity contribution is 5.99. The minimum Gasteiger partial charge on any atom is -0.390 e. The van der Waals surface area contributed by atoms with Gasteiger partial charge in [0.05, 0.1) is 19.2 Å². The molecular formula is C53H93N11O12.